The Morgan fingerprint density at radius 2 is 2.12 bits per heavy atom. The highest BCUT2D eigenvalue weighted by Gasteiger charge is 2.02. The van der Waals surface area contributed by atoms with Crippen LogP contribution in [0.25, 0.3) is 0 Å². The summed E-state index contributed by atoms with van der Waals surface area (Å²) in [5.41, 5.74) is 7.47. The van der Waals surface area contributed by atoms with E-state index in [1.54, 1.807) is 24.0 Å². The van der Waals surface area contributed by atoms with Crippen molar-refractivity contribution >= 4 is 29.1 Å². The largest absolute Gasteiger partial charge is 0.399 e. The number of nitrogens with two attached hydrogens (primary N) is 1. The van der Waals surface area contributed by atoms with Crippen molar-refractivity contribution in [2.75, 3.05) is 5.73 Å². The SMILES string of the molecule is Nc1ccc(Cl)c(SCc2ccccn2)c1. The Kier molecular flexibility index (Phi) is 3.70. The lowest BCUT2D eigenvalue weighted by atomic mass is 10.3. The molecule has 0 spiro atoms. The molecule has 0 saturated heterocycles. The number of aromatic nitrogens is 1. The van der Waals surface area contributed by atoms with Crippen molar-refractivity contribution in [1.29, 1.82) is 0 Å². The maximum atomic E-state index is 6.07. The fourth-order valence-electron chi connectivity index (χ4n) is 1.27. The average molecular weight is 251 g/mol. The zero-order chi connectivity index (χ0) is 11.4. The number of anilines is 1. The van der Waals surface area contributed by atoms with E-state index in [0.717, 1.165) is 27.1 Å². The van der Waals surface area contributed by atoms with Crippen LogP contribution in [0.2, 0.25) is 5.02 Å². The Morgan fingerprint density at radius 1 is 1.25 bits per heavy atom. The molecule has 0 bridgehead atoms. The molecule has 4 heteroatoms. The molecule has 0 unspecified atom stereocenters. The van der Waals surface area contributed by atoms with E-state index in [2.05, 4.69) is 4.98 Å². The molecular formula is C12H11ClN2S. The minimum Gasteiger partial charge on any atom is -0.399 e. The summed E-state index contributed by atoms with van der Waals surface area (Å²) in [6.45, 7) is 0. The van der Waals surface area contributed by atoms with Crippen LogP contribution in [0.3, 0.4) is 0 Å². The van der Waals surface area contributed by atoms with Crippen LogP contribution in [0.4, 0.5) is 5.69 Å². The molecule has 0 aliphatic rings. The number of thioether (sulfide) groups is 1. The van der Waals surface area contributed by atoms with Crippen LogP contribution in [0.5, 0.6) is 0 Å². The quantitative estimate of drug-likeness (QED) is 0.668. The molecule has 1 heterocycles. The fraction of sp³-hybridized carbons (Fsp3) is 0.0833. The van der Waals surface area contributed by atoms with E-state index in [0.29, 0.717) is 0 Å². The summed E-state index contributed by atoms with van der Waals surface area (Å²) in [6, 6.07) is 11.4. The predicted molar refractivity (Wildman–Crippen MR) is 69.7 cm³/mol. The van der Waals surface area contributed by atoms with E-state index < -0.39 is 0 Å². The van der Waals surface area contributed by atoms with E-state index in [4.69, 9.17) is 17.3 Å². The van der Waals surface area contributed by atoms with E-state index in [1.807, 2.05) is 30.3 Å². The first-order valence-corrected chi connectivity index (χ1v) is 6.20. The summed E-state index contributed by atoms with van der Waals surface area (Å²) in [7, 11) is 0. The maximum absolute atomic E-state index is 6.07. The van der Waals surface area contributed by atoms with Crippen molar-refractivity contribution < 1.29 is 0 Å². The van der Waals surface area contributed by atoms with Crippen molar-refractivity contribution in [3.05, 3.63) is 53.3 Å². The molecular weight excluding hydrogens is 240 g/mol. The highest BCUT2D eigenvalue weighted by atomic mass is 35.5. The van der Waals surface area contributed by atoms with Gasteiger partial charge in [-0.3, -0.25) is 4.98 Å². The van der Waals surface area contributed by atoms with Gasteiger partial charge in [0.15, 0.2) is 0 Å². The zero-order valence-corrected chi connectivity index (χ0v) is 10.1. The molecule has 2 rings (SSSR count). The van der Waals surface area contributed by atoms with Crippen LogP contribution >= 0.6 is 23.4 Å². The van der Waals surface area contributed by atoms with Crippen LogP contribution in [-0.4, -0.2) is 4.98 Å². The van der Waals surface area contributed by atoms with Crippen molar-refractivity contribution in [2.24, 2.45) is 0 Å². The van der Waals surface area contributed by atoms with Gasteiger partial charge in [-0.15, -0.1) is 11.8 Å². The number of halogens is 1. The van der Waals surface area contributed by atoms with Crippen LogP contribution in [0, 0.1) is 0 Å². The number of hydrogen-bond acceptors (Lipinski definition) is 3. The van der Waals surface area contributed by atoms with E-state index >= 15 is 0 Å². The van der Waals surface area contributed by atoms with E-state index in [1.165, 1.54) is 0 Å². The summed E-state index contributed by atoms with van der Waals surface area (Å²) in [5.74, 6) is 0.796. The van der Waals surface area contributed by atoms with Gasteiger partial charge in [0.05, 0.1) is 10.7 Å². The third kappa shape index (κ3) is 2.90. The Hall–Kier alpha value is -1.19. The number of benzene rings is 1. The predicted octanol–water partition coefficient (Wildman–Crippen LogP) is 3.61. The second-order valence-electron chi connectivity index (χ2n) is 3.30. The van der Waals surface area contributed by atoms with Crippen LogP contribution in [0.15, 0.2) is 47.5 Å². The Balaban J connectivity index is 2.08. The molecule has 2 nitrogen and oxygen atoms in total. The monoisotopic (exact) mass is 250 g/mol. The molecule has 0 aliphatic heterocycles. The molecule has 0 atom stereocenters. The summed E-state index contributed by atoms with van der Waals surface area (Å²) < 4.78 is 0. The first-order valence-electron chi connectivity index (χ1n) is 4.83. The normalized spacial score (nSPS) is 10.3. The summed E-state index contributed by atoms with van der Waals surface area (Å²) in [6.07, 6.45) is 1.79. The molecule has 0 radical (unpaired) electrons. The van der Waals surface area contributed by atoms with Gasteiger partial charge < -0.3 is 5.73 Å². The van der Waals surface area contributed by atoms with Gasteiger partial charge in [0, 0.05) is 22.5 Å². The highest BCUT2D eigenvalue weighted by molar-refractivity contribution is 7.98. The minimum atomic E-state index is 0.730. The van der Waals surface area contributed by atoms with E-state index in [-0.39, 0.29) is 0 Å². The van der Waals surface area contributed by atoms with Crippen LogP contribution in [-0.2, 0) is 5.75 Å². The standard InChI is InChI=1S/C12H11ClN2S/c13-11-5-4-9(14)7-12(11)16-8-10-3-1-2-6-15-10/h1-7H,8,14H2. The lowest BCUT2D eigenvalue weighted by molar-refractivity contribution is 1.17. The van der Waals surface area contributed by atoms with Gasteiger partial charge in [-0.2, -0.15) is 0 Å². The molecule has 0 aliphatic carbocycles. The van der Waals surface area contributed by atoms with Crippen LogP contribution in [0.1, 0.15) is 5.69 Å². The molecule has 0 fully saturated rings. The first kappa shape index (κ1) is 11.3. The smallest absolute Gasteiger partial charge is 0.0543 e. The Morgan fingerprint density at radius 3 is 2.88 bits per heavy atom. The van der Waals surface area contributed by atoms with Crippen molar-refractivity contribution in [3.8, 4) is 0 Å². The van der Waals surface area contributed by atoms with Crippen molar-refractivity contribution in [2.45, 2.75) is 10.6 Å². The Bertz CT molecular complexity index is 474. The van der Waals surface area contributed by atoms with Gasteiger partial charge in [0.2, 0.25) is 0 Å². The Labute approximate surface area is 104 Å². The number of rotatable bonds is 3. The average Bonchev–Trinajstić information content (AvgIpc) is 2.32. The first-order chi connectivity index (χ1) is 7.75. The lowest BCUT2D eigenvalue weighted by Gasteiger charge is -2.04. The third-order valence-corrected chi connectivity index (χ3v) is 3.59. The van der Waals surface area contributed by atoms with Gasteiger partial charge >= 0.3 is 0 Å². The molecule has 0 saturated carbocycles. The van der Waals surface area contributed by atoms with Gasteiger partial charge in [-0.05, 0) is 30.3 Å². The zero-order valence-electron chi connectivity index (χ0n) is 8.56. The summed E-state index contributed by atoms with van der Waals surface area (Å²) in [4.78, 5) is 5.24. The summed E-state index contributed by atoms with van der Waals surface area (Å²) in [5, 5.41) is 0.732. The second kappa shape index (κ2) is 5.23. The van der Waals surface area contributed by atoms with E-state index in [9.17, 15) is 0 Å². The molecule has 1 aromatic carbocycles. The fourth-order valence-corrected chi connectivity index (χ4v) is 2.45. The third-order valence-electron chi connectivity index (χ3n) is 2.06. The number of nitrogens with zero attached hydrogens (tertiary/aromatic N) is 1. The second-order valence-corrected chi connectivity index (χ2v) is 4.72. The summed E-state index contributed by atoms with van der Waals surface area (Å²) >= 11 is 7.71. The van der Waals surface area contributed by atoms with Gasteiger partial charge in [0.25, 0.3) is 0 Å². The molecule has 2 aromatic rings. The van der Waals surface area contributed by atoms with Gasteiger partial charge in [0.1, 0.15) is 0 Å². The maximum Gasteiger partial charge on any atom is 0.0543 e. The highest BCUT2D eigenvalue weighted by Crippen LogP contribution is 2.30. The van der Waals surface area contributed by atoms with Crippen LogP contribution < -0.4 is 5.73 Å². The number of hydrogen-bond donors (Lipinski definition) is 1. The lowest BCUT2D eigenvalue weighted by Crippen LogP contribution is -1.87. The molecule has 0 amide bonds. The number of nitrogen functional groups attached to an aromatic ring is 1. The molecule has 82 valence electrons. The molecule has 1 aromatic heterocycles. The topological polar surface area (TPSA) is 38.9 Å². The van der Waals surface area contributed by atoms with Gasteiger partial charge in [-0.1, -0.05) is 17.7 Å². The molecule has 16 heavy (non-hydrogen) atoms. The minimum absolute atomic E-state index is 0.730. The molecule has 2 N–H and O–H groups in total. The number of pyridine rings is 1. The van der Waals surface area contributed by atoms with Gasteiger partial charge in [-0.25, -0.2) is 0 Å². The van der Waals surface area contributed by atoms with Crippen molar-refractivity contribution in [1.82, 2.24) is 4.98 Å². The van der Waals surface area contributed by atoms with Crippen molar-refractivity contribution in [3.63, 3.8) is 0 Å².